The Labute approximate surface area is 189 Å². The van der Waals surface area contributed by atoms with E-state index in [-0.39, 0.29) is 24.0 Å². The summed E-state index contributed by atoms with van der Waals surface area (Å²) in [6.07, 6.45) is 3.03. The van der Waals surface area contributed by atoms with Gasteiger partial charge in [0.25, 0.3) is 0 Å². The second-order valence-corrected chi connectivity index (χ2v) is 9.87. The minimum absolute atomic E-state index is 0. The summed E-state index contributed by atoms with van der Waals surface area (Å²) in [6, 6.07) is 7.83. The van der Waals surface area contributed by atoms with E-state index in [1.54, 1.807) is 23.1 Å². The Hall–Kier alpha value is -0.230. The van der Waals surface area contributed by atoms with Crippen LogP contribution in [0.15, 0.2) is 34.2 Å². The Morgan fingerprint density at radius 2 is 1.89 bits per heavy atom. The smallest absolute Gasteiger partial charge is 0.211 e. The zero-order valence-corrected chi connectivity index (χ0v) is 20.4. The van der Waals surface area contributed by atoms with E-state index in [0.29, 0.717) is 19.0 Å². The molecule has 0 atom stereocenters. The standard InChI is InChI=1S/C17H27ClN4O2S2.HI/c1-19-17(20-9-12-25-16-5-3-15(18)4-6-16)21-13-14-7-10-22(11-8-14)26(2,23)24;/h3-6,14H,7-13H2,1-2H3,(H2,19,20,21);1H. The molecule has 0 aliphatic carbocycles. The van der Waals surface area contributed by atoms with E-state index in [4.69, 9.17) is 11.6 Å². The summed E-state index contributed by atoms with van der Waals surface area (Å²) in [5, 5.41) is 7.40. The Bertz CT molecular complexity index is 693. The third-order valence-corrected chi connectivity index (χ3v) is 6.87. The second-order valence-electron chi connectivity index (χ2n) is 6.29. The molecule has 0 radical (unpaired) electrons. The van der Waals surface area contributed by atoms with Crippen molar-refractivity contribution in [3.05, 3.63) is 29.3 Å². The van der Waals surface area contributed by atoms with Crippen LogP contribution < -0.4 is 10.6 Å². The summed E-state index contributed by atoms with van der Waals surface area (Å²) in [5.41, 5.74) is 0. The number of guanidine groups is 1. The summed E-state index contributed by atoms with van der Waals surface area (Å²) < 4.78 is 24.6. The van der Waals surface area contributed by atoms with Crippen molar-refractivity contribution in [3.63, 3.8) is 0 Å². The maximum absolute atomic E-state index is 11.5. The molecule has 1 fully saturated rings. The highest BCUT2D eigenvalue weighted by molar-refractivity contribution is 14.0. The van der Waals surface area contributed by atoms with Crippen LogP contribution in [0.1, 0.15) is 12.8 Å². The van der Waals surface area contributed by atoms with Gasteiger partial charge < -0.3 is 10.6 Å². The molecule has 154 valence electrons. The molecule has 1 aromatic carbocycles. The highest BCUT2D eigenvalue weighted by Gasteiger charge is 2.24. The zero-order valence-electron chi connectivity index (χ0n) is 15.7. The number of aliphatic imine (C=N–C) groups is 1. The predicted octanol–water partition coefficient (Wildman–Crippen LogP) is 2.89. The highest BCUT2D eigenvalue weighted by atomic mass is 127. The Morgan fingerprint density at radius 3 is 2.44 bits per heavy atom. The van der Waals surface area contributed by atoms with Crippen LogP contribution >= 0.6 is 47.3 Å². The topological polar surface area (TPSA) is 73.8 Å². The number of nitrogens with one attached hydrogen (secondary N) is 2. The van der Waals surface area contributed by atoms with Crippen LogP contribution in [0.25, 0.3) is 0 Å². The number of thioether (sulfide) groups is 1. The molecule has 0 aromatic heterocycles. The third-order valence-electron chi connectivity index (χ3n) is 4.30. The Balaban J connectivity index is 0.00000364. The van der Waals surface area contributed by atoms with Gasteiger partial charge in [-0.25, -0.2) is 12.7 Å². The van der Waals surface area contributed by atoms with Crippen LogP contribution in [-0.2, 0) is 10.0 Å². The SMILES string of the molecule is CN=C(NCCSc1ccc(Cl)cc1)NCC1CCN(S(C)(=O)=O)CC1.I. The molecule has 2 N–H and O–H groups in total. The summed E-state index contributed by atoms with van der Waals surface area (Å²) in [6.45, 7) is 2.82. The van der Waals surface area contributed by atoms with Gasteiger partial charge in [0, 0.05) is 48.9 Å². The molecule has 6 nitrogen and oxygen atoms in total. The van der Waals surface area contributed by atoms with Gasteiger partial charge in [0.05, 0.1) is 6.26 Å². The first-order valence-corrected chi connectivity index (χ1v) is 11.9. The average Bonchev–Trinajstić information content (AvgIpc) is 2.62. The van der Waals surface area contributed by atoms with Crippen molar-refractivity contribution in [3.8, 4) is 0 Å². The lowest BCUT2D eigenvalue weighted by molar-refractivity contribution is 0.275. The zero-order chi connectivity index (χ0) is 19.0. The number of rotatable bonds is 7. The maximum atomic E-state index is 11.5. The van der Waals surface area contributed by atoms with Crippen molar-refractivity contribution >= 4 is 63.3 Å². The molecule has 1 aliphatic heterocycles. The number of piperidine rings is 1. The number of hydrogen-bond acceptors (Lipinski definition) is 4. The molecular weight excluding hydrogens is 519 g/mol. The second kappa shape index (κ2) is 12.4. The molecule has 27 heavy (non-hydrogen) atoms. The quantitative estimate of drug-likeness (QED) is 0.181. The Morgan fingerprint density at radius 1 is 1.26 bits per heavy atom. The van der Waals surface area contributed by atoms with E-state index in [1.165, 1.54) is 11.2 Å². The van der Waals surface area contributed by atoms with Gasteiger partial charge in [0.15, 0.2) is 5.96 Å². The normalized spacial score (nSPS) is 16.6. The number of halogens is 2. The molecule has 0 saturated carbocycles. The van der Waals surface area contributed by atoms with Crippen LogP contribution in [0.3, 0.4) is 0 Å². The van der Waals surface area contributed by atoms with E-state index in [9.17, 15) is 8.42 Å². The molecule has 1 aliphatic rings. The van der Waals surface area contributed by atoms with Gasteiger partial charge >= 0.3 is 0 Å². The summed E-state index contributed by atoms with van der Waals surface area (Å²) >= 11 is 7.65. The fourth-order valence-electron chi connectivity index (χ4n) is 2.78. The first-order chi connectivity index (χ1) is 12.4. The molecule has 1 saturated heterocycles. The van der Waals surface area contributed by atoms with Crippen LogP contribution in [0.4, 0.5) is 0 Å². The Kier molecular flexibility index (Phi) is 11.4. The number of benzene rings is 1. The minimum Gasteiger partial charge on any atom is -0.356 e. The molecule has 0 spiro atoms. The van der Waals surface area contributed by atoms with E-state index in [0.717, 1.165) is 42.7 Å². The van der Waals surface area contributed by atoms with E-state index in [2.05, 4.69) is 15.6 Å². The first-order valence-electron chi connectivity index (χ1n) is 8.66. The molecule has 0 unspecified atom stereocenters. The van der Waals surface area contributed by atoms with Crippen LogP contribution in [0, 0.1) is 5.92 Å². The average molecular weight is 547 g/mol. The number of sulfonamides is 1. The van der Waals surface area contributed by atoms with Crippen molar-refractivity contribution in [1.82, 2.24) is 14.9 Å². The van der Waals surface area contributed by atoms with Gasteiger partial charge in [0.2, 0.25) is 10.0 Å². The fraction of sp³-hybridized carbons (Fsp3) is 0.588. The first kappa shape index (κ1) is 24.8. The summed E-state index contributed by atoms with van der Waals surface area (Å²) in [7, 11) is -1.30. The number of nitrogens with zero attached hydrogens (tertiary/aromatic N) is 2. The number of hydrogen-bond donors (Lipinski definition) is 2. The van der Waals surface area contributed by atoms with E-state index < -0.39 is 10.0 Å². The van der Waals surface area contributed by atoms with Gasteiger partial charge in [-0.05, 0) is 43.0 Å². The van der Waals surface area contributed by atoms with E-state index >= 15 is 0 Å². The maximum Gasteiger partial charge on any atom is 0.211 e. The molecule has 2 rings (SSSR count). The molecule has 0 bridgehead atoms. The van der Waals surface area contributed by atoms with E-state index in [1.807, 2.05) is 24.3 Å². The van der Waals surface area contributed by atoms with Crippen LogP contribution in [-0.4, -0.2) is 63.9 Å². The molecule has 1 aromatic rings. The van der Waals surface area contributed by atoms with Crippen molar-refractivity contribution in [2.24, 2.45) is 10.9 Å². The fourth-order valence-corrected chi connectivity index (χ4v) is 4.54. The van der Waals surface area contributed by atoms with Gasteiger partial charge in [-0.2, -0.15) is 0 Å². The summed E-state index contributed by atoms with van der Waals surface area (Å²) in [5.74, 6) is 2.18. The lowest BCUT2D eigenvalue weighted by Gasteiger charge is -2.30. The molecule has 10 heteroatoms. The third kappa shape index (κ3) is 9.21. The van der Waals surface area contributed by atoms with Crippen molar-refractivity contribution in [1.29, 1.82) is 0 Å². The lowest BCUT2D eigenvalue weighted by Crippen LogP contribution is -2.44. The highest BCUT2D eigenvalue weighted by Crippen LogP contribution is 2.20. The minimum atomic E-state index is -3.06. The summed E-state index contributed by atoms with van der Waals surface area (Å²) in [4.78, 5) is 5.44. The van der Waals surface area contributed by atoms with Gasteiger partial charge in [-0.15, -0.1) is 35.7 Å². The molecule has 1 heterocycles. The van der Waals surface area contributed by atoms with Crippen molar-refractivity contribution < 1.29 is 8.42 Å². The van der Waals surface area contributed by atoms with Crippen LogP contribution in [0.2, 0.25) is 5.02 Å². The lowest BCUT2D eigenvalue weighted by atomic mass is 9.98. The molecule has 0 amide bonds. The van der Waals surface area contributed by atoms with Crippen molar-refractivity contribution in [2.75, 3.05) is 45.2 Å². The monoisotopic (exact) mass is 546 g/mol. The van der Waals surface area contributed by atoms with Crippen LogP contribution in [0.5, 0.6) is 0 Å². The molecular formula is C17H28ClIN4O2S2. The van der Waals surface area contributed by atoms with Gasteiger partial charge in [0.1, 0.15) is 0 Å². The van der Waals surface area contributed by atoms with Gasteiger partial charge in [-0.3, -0.25) is 4.99 Å². The van der Waals surface area contributed by atoms with Crippen molar-refractivity contribution in [2.45, 2.75) is 17.7 Å². The largest absolute Gasteiger partial charge is 0.356 e. The van der Waals surface area contributed by atoms with Gasteiger partial charge in [-0.1, -0.05) is 11.6 Å². The predicted molar refractivity (Wildman–Crippen MR) is 126 cm³/mol.